The highest BCUT2D eigenvalue weighted by molar-refractivity contribution is 7.91. The van der Waals surface area contributed by atoms with Crippen LogP contribution in [0.25, 0.3) is 0 Å². The molecule has 0 bridgehead atoms. The molecule has 0 fully saturated rings. The fourth-order valence-electron chi connectivity index (χ4n) is 2.54. The molecule has 5 heteroatoms. The lowest BCUT2D eigenvalue weighted by Crippen LogP contribution is -2.25. The molecule has 0 aliphatic heterocycles. The fourth-order valence-corrected chi connectivity index (χ4v) is 4.23. The number of hydrogen-bond acceptors (Lipinski definition) is 4. The van der Waals surface area contributed by atoms with Crippen molar-refractivity contribution in [2.75, 3.05) is 11.5 Å². The molecular weight excluding hydrogens is 260 g/mol. The van der Waals surface area contributed by atoms with Gasteiger partial charge in [0.05, 0.1) is 22.5 Å². The summed E-state index contributed by atoms with van der Waals surface area (Å²) in [6, 6.07) is 9.42. The van der Waals surface area contributed by atoms with Gasteiger partial charge in [-0.1, -0.05) is 24.3 Å². The highest BCUT2D eigenvalue weighted by atomic mass is 32.2. The maximum Gasteiger partial charge on any atom is 0.181 e. The van der Waals surface area contributed by atoms with Crippen LogP contribution in [0.4, 0.5) is 5.69 Å². The maximum absolute atomic E-state index is 12.4. The summed E-state index contributed by atoms with van der Waals surface area (Å²) in [5, 5.41) is 0. The van der Waals surface area contributed by atoms with Gasteiger partial charge in [0, 0.05) is 12.1 Å². The number of aromatic nitrogens is 1. The van der Waals surface area contributed by atoms with Crippen LogP contribution in [-0.2, 0) is 16.3 Å². The zero-order valence-electron chi connectivity index (χ0n) is 10.3. The molecule has 0 amide bonds. The van der Waals surface area contributed by atoms with Crippen molar-refractivity contribution >= 4 is 15.5 Å². The highest BCUT2D eigenvalue weighted by Crippen LogP contribution is 2.37. The van der Waals surface area contributed by atoms with Crippen molar-refractivity contribution in [3.63, 3.8) is 0 Å². The second kappa shape index (κ2) is 4.35. The average Bonchev–Trinajstić information content (AvgIpc) is 2.36. The smallest absolute Gasteiger partial charge is 0.181 e. The van der Waals surface area contributed by atoms with E-state index in [0.29, 0.717) is 0 Å². The van der Waals surface area contributed by atoms with Crippen LogP contribution in [0, 0.1) is 0 Å². The number of nitrogen functional groups attached to an aromatic ring is 1. The van der Waals surface area contributed by atoms with Gasteiger partial charge < -0.3 is 5.73 Å². The predicted octanol–water partition coefficient (Wildman–Crippen LogP) is 1.78. The van der Waals surface area contributed by atoms with Gasteiger partial charge in [0.25, 0.3) is 0 Å². The van der Waals surface area contributed by atoms with E-state index in [0.717, 1.165) is 12.0 Å². The van der Waals surface area contributed by atoms with E-state index >= 15 is 0 Å². The minimum atomic E-state index is -3.36. The van der Waals surface area contributed by atoms with Gasteiger partial charge in [-0.3, -0.25) is 4.98 Å². The molecule has 2 N–H and O–H groups in total. The Morgan fingerprint density at radius 1 is 1.26 bits per heavy atom. The van der Waals surface area contributed by atoms with Crippen LogP contribution in [0.3, 0.4) is 0 Å². The first-order valence-corrected chi connectivity index (χ1v) is 7.73. The average molecular weight is 274 g/mol. The van der Waals surface area contributed by atoms with E-state index < -0.39 is 9.84 Å². The Bertz CT molecular complexity index is 726. The minimum Gasteiger partial charge on any atom is -0.396 e. The molecule has 1 aromatic carbocycles. The van der Waals surface area contributed by atoms with Crippen molar-refractivity contribution in [2.24, 2.45) is 0 Å². The van der Waals surface area contributed by atoms with E-state index in [-0.39, 0.29) is 22.3 Å². The molecule has 98 valence electrons. The summed E-state index contributed by atoms with van der Waals surface area (Å²) >= 11 is 0. The quantitative estimate of drug-likeness (QED) is 0.926. The fraction of sp³-hybridized carbons (Fsp3) is 0.214. The van der Waals surface area contributed by atoms with E-state index in [2.05, 4.69) is 4.98 Å². The maximum atomic E-state index is 12.4. The summed E-state index contributed by atoms with van der Waals surface area (Å²) in [6.07, 6.45) is 3.65. The minimum absolute atomic E-state index is 0.0776. The normalized spacial score (nSPS) is 17.6. The number of nitrogens with zero attached hydrogens (tertiary/aromatic N) is 1. The lowest BCUT2D eigenvalue weighted by atomic mass is 9.79. The Balaban J connectivity index is 1.87. The van der Waals surface area contributed by atoms with Crippen molar-refractivity contribution in [1.29, 1.82) is 0 Å². The number of nitrogens with two attached hydrogens (primary N) is 1. The van der Waals surface area contributed by atoms with Gasteiger partial charge in [-0.05, 0) is 23.6 Å². The van der Waals surface area contributed by atoms with Crippen molar-refractivity contribution in [1.82, 2.24) is 4.98 Å². The molecule has 0 radical (unpaired) electrons. The van der Waals surface area contributed by atoms with Gasteiger partial charge in [-0.25, -0.2) is 8.42 Å². The number of sulfone groups is 1. The predicted molar refractivity (Wildman–Crippen MR) is 73.6 cm³/mol. The monoisotopic (exact) mass is 274 g/mol. The molecule has 0 saturated carbocycles. The van der Waals surface area contributed by atoms with Gasteiger partial charge in [0.2, 0.25) is 0 Å². The molecule has 3 rings (SSSR count). The Morgan fingerprint density at radius 3 is 2.79 bits per heavy atom. The Hall–Kier alpha value is -1.88. The van der Waals surface area contributed by atoms with E-state index in [4.69, 9.17) is 5.73 Å². The van der Waals surface area contributed by atoms with Crippen molar-refractivity contribution in [3.05, 3.63) is 53.9 Å². The molecule has 4 nitrogen and oxygen atoms in total. The van der Waals surface area contributed by atoms with E-state index in [9.17, 15) is 8.42 Å². The second-order valence-electron chi connectivity index (χ2n) is 4.79. The van der Waals surface area contributed by atoms with Gasteiger partial charge in [-0.15, -0.1) is 0 Å². The van der Waals surface area contributed by atoms with Crippen molar-refractivity contribution < 1.29 is 8.42 Å². The highest BCUT2D eigenvalue weighted by Gasteiger charge is 2.31. The lowest BCUT2D eigenvalue weighted by molar-refractivity contribution is 0.577. The molecule has 1 aromatic heterocycles. The Morgan fingerprint density at radius 2 is 2.05 bits per heavy atom. The lowest BCUT2D eigenvalue weighted by Gasteiger charge is -2.29. The first-order chi connectivity index (χ1) is 9.08. The zero-order valence-corrected chi connectivity index (χ0v) is 11.1. The van der Waals surface area contributed by atoms with Crippen LogP contribution in [0.1, 0.15) is 17.0 Å². The van der Waals surface area contributed by atoms with Gasteiger partial charge in [0.15, 0.2) is 9.84 Å². The summed E-state index contributed by atoms with van der Waals surface area (Å²) < 4.78 is 24.7. The molecule has 1 atom stereocenters. The van der Waals surface area contributed by atoms with Crippen molar-refractivity contribution in [2.45, 2.75) is 17.2 Å². The summed E-state index contributed by atoms with van der Waals surface area (Å²) in [5.74, 6) is 0.187. The zero-order chi connectivity index (χ0) is 13.5. The molecule has 1 heterocycles. The molecule has 0 spiro atoms. The number of anilines is 1. The van der Waals surface area contributed by atoms with Gasteiger partial charge >= 0.3 is 0 Å². The van der Waals surface area contributed by atoms with Crippen LogP contribution in [-0.4, -0.2) is 19.2 Å². The summed E-state index contributed by atoms with van der Waals surface area (Å²) in [7, 11) is -3.36. The number of benzene rings is 1. The largest absolute Gasteiger partial charge is 0.396 e. The summed E-state index contributed by atoms with van der Waals surface area (Å²) in [6.45, 7) is 0. The third-order valence-corrected chi connectivity index (χ3v) is 5.41. The van der Waals surface area contributed by atoms with Gasteiger partial charge in [0.1, 0.15) is 0 Å². The van der Waals surface area contributed by atoms with E-state index in [1.165, 1.54) is 24.0 Å². The molecule has 1 unspecified atom stereocenters. The third-order valence-electron chi connectivity index (χ3n) is 3.53. The first kappa shape index (κ1) is 12.2. The van der Waals surface area contributed by atoms with Crippen LogP contribution in [0.5, 0.6) is 0 Å². The van der Waals surface area contributed by atoms with E-state index in [1.54, 1.807) is 0 Å². The van der Waals surface area contributed by atoms with Crippen LogP contribution >= 0.6 is 0 Å². The Kier molecular flexibility index (Phi) is 2.78. The van der Waals surface area contributed by atoms with Crippen LogP contribution < -0.4 is 5.73 Å². The topological polar surface area (TPSA) is 73.0 Å². The number of pyridine rings is 1. The molecule has 2 aromatic rings. The molecule has 1 aliphatic rings. The standard InChI is InChI=1S/C14H14N2O2S/c15-13-8-16-6-5-14(13)19(17,18)9-11-7-10-3-1-2-4-12(10)11/h1-6,8,11H,7,9,15H2. The van der Waals surface area contributed by atoms with Crippen molar-refractivity contribution in [3.8, 4) is 0 Å². The van der Waals surface area contributed by atoms with Crippen LogP contribution in [0.2, 0.25) is 0 Å². The summed E-state index contributed by atoms with van der Waals surface area (Å²) in [5.41, 5.74) is 8.29. The second-order valence-corrected chi connectivity index (χ2v) is 6.80. The van der Waals surface area contributed by atoms with Gasteiger partial charge in [-0.2, -0.15) is 0 Å². The number of hydrogen-bond donors (Lipinski definition) is 1. The SMILES string of the molecule is Nc1cnccc1S(=O)(=O)CC1Cc2ccccc21. The number of fused-ring (bicyclic) bond motifs is 1. The first-order valence-electron chi connectivity index (χ1n) is 6.08. The molecular formula is C14H14N2O2S. The number of rotatable bonds is 3. The third kappa shape index (κ3) is 2.10. The summed E-state index contributed by atoms with van der Waals surface area (Å²) in [4.78, 5) is 4.01. The Labute approximate surface area is 112 Å². The van der Waals surface area contributed by atoms with Crippen LogP contribution in [0.15, 0.2) is 47.6 Å². The molecule has 0 saturated heterocycles. The van der Waals surface area contributed by atoms with E-state index in [1.807, 2.05) is 24.3 Å². The molecule has 19 heavy (non-hydrogen) atoms. The molecule has 1 aliphatic carbocycles.